The fourth-order valence-corrected chi connectivity index (χ4v) is 3.38. The molecule has 0 fully saturated rings. The zero-order chi connectivity index (χ0) is 19.7. The highest BCUT2D eigenvalue weighted by molar-refractivity contribution is 6.08. The minimum Gasteiger partial charge on any atom is -0.355 e. The van der Waals surface area contributed by atoms with E-state index < -0.39 is 0 Å². The van der Waals surface area contributed by atoms with Crippen molar-refractivity contribution in [2.45, 2.75) is 20.8 Å². The summed E-state index contributed by atoms with van der Waals surface area (Å²) in [5.41, 5.74) is 5.51. The molecule has 0 saturated heterocycles. The smallest absolute Gasteiger partial charge is 0.258 e. The lowest BCUT2D eigenvalue weighted by Crippen LogP contribution is -2.30. The second-order valence-corrected chi connectivity index (χ2v) is 7.00. The number of aromatic nitrogens is 1. The van der Waals surface area contributed by atoms with E-state index in [1.807, 2.05) is 87.5 Å². The molecule has 4 rings (SSSR count). The SMILES string of the molecule is CCN(C(=O)c1ccc2noc(-c3ccc(C)cc3)c2c1)c1cccc(C)c1. The molecule has 0 aliphatic carbocycles. The second kappa shape index (κ2) is 7.31. The van der Waals surface area contributed by atoms with E-state index in [0.717, 1.165) is 27.7 Å². The number of carbonyl (C=O) groups is 1. The van der Waals surface area contributed by atoms with Crippen LogP contribution in [0.15, 0.2) is 71.3 Å². The Hall–Kier alpha value is -3.40. The molecular weight excluding hydrogens is 348 g/mol. The summed E-state index contributed by atoms with van der Waals surface area (Å²) in [7, 11) is 0. The summed E-state index contributed by atoms with van der Waals surface area (Å²) >= 11 is 0. The molecule has 0 atom stereocenters. The minimum absolute atomic E-state index is 0.0361. The first kappa shape index (κ1) is 18.0. The van der Waals surface area contributed by atoms with Gasteiger partial charge in [0.2, 0.25) is 0 Å². The van der Waals surface area contributed by atoms with Gasteiger partial charge in [-0.25, -0.2) is 0 Å². The third kappa shape index (κ3) is 3.29. The van der Waals surface area contributed by atoms with E-state index in [2.05, 4.69) is 5.16 Å². The maximum absolute atomic E-state index is 13.2. The van der Waals surface area contributed by atoms with Gasteiger partial charge in [-0.3, -0.25) is 4.79 Å². The van der Waals surface area contributed by atoms with Gasteiger partial charge in [-0.15, -0.1) is 0 Å². The predicted octanol–water partition coefficient (Wildman–Crippen LogP) is 5.78. The van der Waals surface area contributed by atoms with Crippen LogP contribution in [0.3, 0.4) is 0 Å². The summed E-state index contributed by atoms with van der Waals surface area (Å²) in [6.45, 7) is 6.65. The summed E-state index contributed by atoms with van der Waals surface area (Å²) in [6.07, 6.45) is 0. The Morgan fingerprint density at radius 1 is 0.964 bits per heavy atom. The van der Waals surface area contributed by atoms with Crippen molar-refractivity contribution >= 4 is 22.5 Å². The summed E-state index contributed by atoms with van der Waals surface area (Å²) in [5.74, 6) is 0.648. The van der Waals surface area contributed by atoms with Crippen molar-refractivity contribution in [2.24, 2.45) is 0 Å². The van der Waals surface area contributed by atoms with Gasteiger partial charge >= 0.3 is 0 Å². The number of fused-ring (bicyclic) bond motifs is 1. The molecule has 4 nitrogen and oxygen atoms in total. The fourth-order valence-electron chi connectivity index (χ4n) is 3.38. The molecule has 3 aromatic carbocycles. The standard InChI is InChI=1S/C24H22N2O2/c1-4-26(20-7-5-6-17(3)14-20)24(27)19-12-13-22-21(15-19)23(28-25-22)18-10-8-16(2)9-11-18/h5-15H,4H2,1-3H3. The highest BCUT2D eigenvalue weighted by atomic mass is 16.5. The van der Waals surface area contributed by atoms with Crippen LogP contribution in [0.2, 0.25) is 0 Å². The largest absolute Gasteiger partial charge is 0.355 e. The number of amides is 1. The van der Waals surface area contributed by atoms with Crippen LogP contribution >= 0.6 is 0 Å². The Morgan fingerprint density at radius 2 is 1.75 bits per heavy atom. The number of nitrogens with zero attached hydrogens (tertiary/aromatic N) is 2. The lowest BCUT2D eigenvalue weighted by molar-refractivity contribution is 0.0988. The fraction of sp³-hybridized carbons (Fsp3) is 0.167. The summed E-state index contributed by atoms with van der Waals surface area (Å²) in [4.78, 5) is 15.0. The molecule has 0 bridgehead atoms. The number of anilines is 1. The van der Waals surface area contributed by atoms with Crippen molar-refractivity contribution < 1.29 is 9.32 Å². The monoisotopic (exact) mass is 370 g/mol. The maximum atomic E-state index is 13.2. The number of hydrogen-bond acceptors (Lipinski definition) is 3. The van der Waals surface area contributed by atoms with Crippen molar-refractivity contribution in [2.75, 3.05) is 11.4 Å². The number of rotatable bonds is 4. The summed E-state index contributed by atoms with van der Waals surface area (Å²) in [5, 5.41) is 5.00. The quantitative estimate of drug-likeness (QED) is 0.457. The van der Waals surface area contributed by atoms with E-state index >= 15 is 0 Å². The molecule has 0 unspecified atom stereocenters. The average Bonchev–Trinajstić information content (AvgIpc) is 3.12. The first-order valence-corrected chi connectivity index (χ1v) is 9.42. The first-order valence-electron chi connectivity index (χ1n) is 9.42. The Kier molecular flexibility index (Phi) is 4.70. The van der Waals surface area contributed by atoms with Gasteiger partial charge in [0.1, 0.15) is 5.52 Å². The van der Waals surface area contributed by atoms with Gasteiger partial charge < -0.3 is 9.42 Å². The van der Waals surface area contributed by atoms with Gasteiger partial charge in [0, 0.05) is 23.4 Å². The van der Waals surface area contributed by atoms with Crippen molar-refractivity contribution in [3.05, 3.63) is 83.4 Å². The molecule has 4 aromatic rings. The van der Waals surface area contributed by atoms with Crippen LogP contribution in [0.1, 0.15) is 28.4 Å². The number of hydrogen-bond donors (Lipinski definition) is 0. The molecule has 4 heteroatoms. The number of carbonyl (C=O) groups excluding carboxylic acids is 1. The van der Waals surface area contributed by atoms with Crippen LogP contribution in [-0.4, -0.2) is 17.6 Å². The zero-order valence-corrected chi connectivity index (χ0v) is 16.3. The van der Waals surface area contributed by atoms with E-state index in [1.54, 1.807) is 4.90 Å². The van der Waals surface area contributed by atoms with Gasteiger partial charge in [0.15, 0.2) is 5.76 Å². The van der Waals surface area contributed by atoms with Crippen LogP contribution < -0.4 is 4.90 Å². The minimum atomic E-state index is -0.0361. The highest BCUT2D eigenvalue weighted by Gasteiger charge is 2.19. The van der Waals surface area contributed by atoms with E-state index in [-0.39, 0.29) is 5.91 Å². The van der Waals surface area contributed by atoms with Crippen LogP contribution in [-0.2, 0) is 0 Å². The normalized spacial score (nSPS) is 11.0. The molecule has 28 heavy (non-hydrogen) atoms. The maximum Gasteiger partial charge on any atom is 0.258 e. The Morgan fingerprint density at radius 3 is 2.46 bits per heavy atom. The summed E-state index contributed by atoms with van der Waals surface area (Å²) in [6, 6.07) is 21.6. The van der Waals surface area contributed by atoms with Crippen molar-refractivity contribution in [3.8, 4) is 11.3 Å². The van der Waals surface area contributed by atoms with Crippen LogP contribution in [0.25, 0.3) is 22.2 Å². The number of aryl methyl sites for hydroxylation is 2. The molecule has 0 radical (unpaired) electrons. The molecule has 0 aliphatic rings. The van der Waals surface area contributed by atoms with E-state index in [4.69, 9.17) is 4.52 Å². The van der Waals surface area contributed by atoms with Gasteiger partial charge in [-0.1, -0.05) is 47.1 Å². The molecular formula is C24H22N2O2. The lowest BCUT2D eigenvalue weighted by atomic mass is 10.0. The average molecular weight is 370 g/mol. The van der Waals surface area contributed by atoms with E-state index in [9.17, 15) is 4.79 Å². The molecule has 1 aromatic heterocycles. The van der Waals surface area contributed by atoms with E-state index in [1.165, 1.54) is 5.56 Å². The molecule has 140 valence electrons. The van der Waals surface area contributed by atoms with Crippen LogP contribution in [0, 0.1) is 13.8 Å². The zero-order valence-electron chi connectivity index (χ0n) is 16.3. The van der Waals surface area contributed by atoms with E-state index in [0.29, 0.717) is 17.9 Å². The summed E-state index contributed by atoms with van der Waals surface area (Å²) < 4.78 is 5.59. The molecule has 0 saturated carbocycles. The highest BCUT2D eigenvalue weighted by Crippen LogP contribution is 2.30. The Labute approximate surface area is 164 Å². The molecule has 0 spiro atoms. The van der Waals surface area contributed by atoms with Crippen molar-refractivity contribution in [3.63, 3.8) is 0 Å². The van der Waals surface area contributed by atoms with Gasteiger partial charge in [-0.2, -0.15) is 0 Å². The third-order valence-corrected chi connectivity index (χ3v) is 4.91. The number of benzene rings is 3. The molecule has 0 N–H and O–H groups in total. The van der Waals surface area contributed by atoms with Crippen LogP contribution in [0.5, 0.6) is 0 Å². The van der Waals surface area contributed by atoms with Gasteiger partial charge in [0.05, 0.1) is 5.39 Å². The topological polar surface area (TPSA) is 46.3 Å². The Bertz CT molecular complexity index is 1140. The predicted molar refractivity (Wildman–Crippen MR) is 113 cm³/mol. The molecule has 1 heterocycles. The lowest BCUT2D eigenvalue weighted by Gasteiger charge is -2.21. The van der Waals surface area contributed by atoms with Crippen LogP contribution in [0.4, 0.5) is 5.69 Å². The van der Waals surface area contributed by atoms with Crippen molar-refractivity contribution in [1.29, 1.82) is 0 Å². The van der Waals surface area contributed by atoms with Gasteiger partial charge in [0.25, 0.3) is 5.91 Å². The van der Waals surface area contributed by atoms with Crippen molar-refractivity contribution in [1.82, 2.24) is 5.16 Å². The van der Waals surface area contributed by atoms with Gasteiger partial charge in [-0.05, 0) is 56.7 Å². The molecule has 0 aliphatic heterocycles. The Balaban J connectivity index is 1.75. The molecule has 1 amide bonds. The third-order valence-electron chi connectivity index (χ3n) is 4.91. The second-order valence-electron chi connectivity index (χ2n) is 7.00. The first-order chi connectivity index (χ1) is 13.6.